The predicted octanol–water partition coefficient (Wildman–Crippen LogP) is 2.91. The Bertz CT molecular complexity index is 674. The second-order valence-electron chi connectivity index (χ2n) is 4.27. The van der Waals surface area contributed by atoms with Crippen molar-refractivity contribution in [3.63, 3.8) is 0 Å². The first-order valence-electron chi connectivity index (χ1n) is 6.06. The van der Waals surface area contributed by atoms with E-state index >= 15 is 0 Å². The number of carbonyl (C=O) groups excluding carboxylic acids is 1. The molecule has 0 saturated heterocycles. The second kappa shape index (κ2) is 6.21. The van der Waals surface area contributed by atoms with E-state index in [0.717, 1.165) is 18.2 Å². The van der Waals surface area contributed by atoms with E-state index in [0.29, 0.717) is 5.69 Å². The number of carbonyl (C=O) groups is 1. The summed E-state index contributed by atoms with van der Waals surface area (Å²) in [4.78, 5) is 12.0. The maximum absolute atomic E-state index is 13.4. The molecule has 21 heavy (non-hydrogen) atoms. The van der Waals surface area contributed by atoms with Crippen LogP contribution >= 0.6 is 0 Å². The van der Waals surface area contributed by atoms with E-state index in [1.807, 2.05) is 0 Å². The van der Waals surface area contributed by atoms with Crippen LogP contribution in [-0.4, -0.2) is 13.1 Å². The standard InChI is InChI=1S/C15H13F2NO3/c1-20-14-5-3-11(18)7-12(14)15(19)21-8-9-6-10(16)2-4-13(9)17/h2-7H,8,18H2,1H3. The lowest BCUT2D eigenvalue weighted by molar-refractivity contribution is 0.0465. The number of nitrogens with two attached hydrogens (primary N) is 1. The second-order valence-corrected chi connectivity index (χ2v) is 4.27. The van der Waals surface area contributed by atoms with Gasteiger partial charge in [-0.3, -0.25) is 0 Å². The monoisotopic (exact) mass is 293 g/mol. The van der Waals surface area contributed by atoms with E-state index in [-0.39, 0.29) is 23.5 Å². The molecule has 0 aliphatic rings. The Morgan fingerprint density at radius 1 is 1.19 bits per heavy atom. The molecular weight excluding hydrogens is 280 g/mol. The molecule has 0 spiro atoms. The minimum Gasteiger partial charge on any atom is -0.496 e. The highest BCUT2D eigenvalue weighted by Crippen LogP contribution is 2.22. The van der Waals surface area contributed by atoms with E-state index in [9.17, 15) is 13.6 Å². The van der Waals surface area contributed by atoms with Gasteiger partial charge < -0.3 is 15.2 Å². The van der Waals surface area contributed by atoms with Gasteiger partial charge in [-0.2, -0.15) is 0 Å². The van der Waals surface area contributed by atoms with Crippen LogP contribution in [0.2, 0.25) is 0 Å². The predicted molar refractivity (Wildman–Crippen MR) is 72.9 cm³/mol. The van der Waals surface area contributed by atoms with Crippen LogP contribution in [0.1, 0.15) is 15.9 Å². The minimum absolute atomic E-state index is 0.0498. The average molecular weight is 293 g/mol. The third-order valence-electron chi connectivity index (χ3n) is 2.81. The third-order valence-corrected chi connectivity index (χ3v) is 2.81. The van der Waals surface area contributed by atoms with Gasteiger partial charge >= 0.3 is 5.97 Å². The molecule has 0 fully saturated rings. The molecule has 2 N–H and O–H groups in total. The van der Waals surface area contributed by atoms with Crippen LogP contribution in [0.4, 0.5) is 14.5 Å². The van der Waals surface area contributed by atoms with E-state index in [1.165, 1.54) is 19.2 Å². The zero-order chi connectivity index (χ0) is 15.4. The van der Waals surface area contributed by atoms with Crippen LogP contribution in [0.3, 0.4) is 0 Å². The largest absolute Gasteiger partial charge is 0.496 e. The number of hydrogen-bond acceptors (Lipinski definition) is 4. The lowest BCUT2D eigenvalue weighted by Crippen LogP contribution is -2.08. The lowest BCUT2D eigenvalue weighted by atomic mass is 10.1. The first-order valence-corrected chi connectivity index (χ1v) is 6.06. The number of hydrogen-bond donors (Lipinski definition) is 1. The maximum atomic E-state index is 13.4. The van der Waals surface area contributed by atoms with Crippen molar-refractivity contribution < 1.29 is 23.0 Å². The molecule has 0 unspecified atom stereocenters. The zero-order valence-electron chi connectivity index (χ0n) is 11.2. The highest BCUT2D eigenvalue weighted by molar-refractivity contribution is 5.93. The fraction of sp³-hybridized carbons (Fsp3) is 0.133. The molecule has 0 bridgehead atoms. The Kier molecular flexibility index (Phi) is 4.37. The summed E-state index contributed by atoms with van der Waals surface area (Å²) in [6.07, 6.45) is 0. The van der Waals surface area contributed by atoms with Crippen LogP contribution in [-0.2, 0) is 11.3 Å². The third kappa shape index (κ3) is 3.47. The van der Waals surface area contributed by atoms with Gasteiger partial charge in [-0.25, -0.2) is 13.6 Å². The summed E-state index contributed by atoms with van der Waals surface area (Å²) in [5.74, 6) is -1.70. The molecule has 0 atom stereocenters. The summed E-state index contributed by atoms with van der Waals surface area (Å²) in [5, 5.41) is 0. The molecule has 2 aromatic rings. The SMILES string of the molecule is COc1ccc(N)cc1C(=O)OCc1cc(F)ccc1F. The molecule has 0 radical (unpaired) electrons. The first kappa shape index (κ1) is 14.8. The summed E-state index contributed by atoms with van der Waals surface area (Å²) in [6.45, 7) is -0.389. The summed E-state index contributed by atoms with van der Waals surface area (Å²) < 4.78 is 36.4. The van der Waals surface area contributed by atoms with Crippen LogP contribution in [0.25, 0.3) is 0 Å². The highest BCUT2D eigenvalue weighted by atomic mass is 19.1. The van der Waals surface area contributed by atoms with Crippen molar-refractivity contribution in [3.05, 3.63) is 59.2 Å². The van der Waals surface area contributed by atoms with E-state index in [1.54, 1.807) is 6.07 Å². The normalized spacial score (nSPS) is 10.2. The number of methoxy groups -OCH3 is 1. The van der Waals surface area contributed by atoms with E-state index in [4.69, 9.17) is 15.2 Å². The number of esters is 1. The van der Waals surface area contributed by atoms with E-state index < -0.39 is 17.6 Å². The average Bonchev–Trinajstić information content (AvgIpc) is 2.47. The van der Waals surface area contributed by atoms with Crippen molar-refractivity contribution in [2.75, 3.05) is 12.8 Å². The molecule has 2 rings (SSSR count). The molecule has 0 aliphatic heterocycles. The van der Waals surface area contributed by atoms with Crippen molar-refractivity contribution in [1.29, 1.82) is 0 Å². The van der Waals surface area contributed by atoms with Gasteiger partial charge in [0.25, 0.3) is 0 Å². The van der Waals surface area contributed by atoms with Gasteiger partial charge in [0.15, 0.2) is 0 Å². The van der Waals surface area contributed by atoms with Crippen molar-refractivity contribution in [2.45, 2.75) is 6.61 Å². The summed E-state index contributed by atoms with van der Waals surface area (Å²) in [5.41, 5.74) is 6.03. The van der Waals surface area contributed by atoms with Gasteiger partial charge in [-0.05, 0) is 36.4 Å². The van der Waals surface area contributed by atoms with Crippen molar-refractivity contribution >= 4 is 11.7 Å². The van der Waals surface area contributed by atoms with Gasteiger partial charge in [0.1, 0.15) is 29.6 Å². The summed E-state index contributed by atoms with van der Waals surface area (Å²) in [6, 6.07) is 7.42. The Labute approximate surface area is 120 Å². The van der Waals surface area contributed by atoms with Crippen LogP contribution in [0, 0.1) is 11.6 Å². The zero-order valence-corrected chi connectivity index (χ0v) is 11.2. The Morgan fingerprint density at radius 2 is 1.95 bits per heavy atom. The smallest absolute Gasteiger partial charge is 0.342 e. The lowest BCUT2D eigenvalue weighted by Gasteiger charge is -2.10. The fourth-order valence-corrected chi connectivity index (χ4v) is 1.76. The van der Waals surface area contributed by atoms with Crippen LogP contribution < -0.4 is 10.5 Å². The fourth-order valence-electron chi connectivity index (χ4n) is 1.76. The number of nitrogen functional groups attached to an aromatic ring is 1. The molecule has 0 heterocycles. The first-order chi connectivity index (χ1) is 10.0. The van der Waals surface area contributed by atoms with Gasteiger partial charge in [0, 0.05) is 11.3 Å². The Morgan fingerprint density at radius 3 is 2.67 bits per heavy atom. The van der Waals surface area contributed by atoms with Gasteiger partial charge in [0.2, 0.25) is 0 Å². The maximum Gasteiger partial charge on any atom is 0.342 e. The number of benzene rings is 2. The molecule has 2 aromatic carbocycles. The number of anilines is 1. The van der Waals surface area contributed by atoms with Crippen molar-refractivity contribution in [3.8, 4) is 5.75 Å². The van der Waals surface area contributed by atoms with Gasteiger partial charge in [-0.1, -0.05) is 0 Å². The van der Waals surface area contributed by atoms with Gasteiger partial charge in [-0.15, -0.1) is 0 Å². The summed E-state index contributed by atoms with van der Waals surface area (Å²) >= 11 is 0. The topological polar surface area (TPSA) is 61.5 Å². The number of rotatable bonds is 4. The molecule has 6 heteroatoms. The Hall–Kier alpha value is -2.63. The molecule has 0 aromatic heterocycles. The van der Waals surface area contributed by atoms with Crippen LogP contribution in [0.15, 0.2) is 36.4 Å². The quantitative estimate of drug-likeness (QED) is 0.695. The molecular formula is C15H13F2NO3. The Balaban J connectivity index is 2.15. The van der Waals surface area contributed by atoms with Crippen molar-refractivity contribution in [1.82, 2.24) is 0 Å². The molecule has 0 aliphatic carbocycles. The van der Waals surface area contributed by atoms with Crippen molar-refractivity contribution in [2.24, 2.45) is 0 Å². The molecule has 110 valence electrons. The molecule has 4 nitrogen and oxygen atoms in total. The number of halogens is 2. The minimum atomic E-state index is -0.734. The highest BCUT2D eigenvalue weighted by Gasteiger charge is 2.15. The molecule has 0 amide bonds. The number of ether oxygens (including phenoxy) is 2. The molecule has 0 saturated carbocycles. The van der Waals surface area contributed by atoms with Crippen LogP contribution in [0.5, 0.6) is 5.75 Å². The van der Waals surface area contributed by atoms with Gasteiger partial charge in [0.05, 0.1) is 7.11 Å². The summed E-state index contributed by atoms with van der Waals surface area (Å²) in [7, 11) is 1.40. The van der Waals surface area contributed by atoms with E-state index in [2.05, 4.69) is 0 Å².